The Bertz CT molecular complexity index is 1080. The zero-order chi connectivity index (χ0) is 18.5. The number of nitrogens with zero attached hydrogens (tertiary/aromatic N) is 1. The Morgan fingerprint density at radius 1 is 0.815 bits per heavy atom. The Hall–Kier alpha value is -2.91. The van der Waals surface area contributed by atoms with Crippen LogP contribution in [0.25, 0.3) is 10.8 Å². The number of halogens is 1. The van der Waals surface area contributed by atoms with E-state index in [9.17, 15) is 0 Å². The largest absolute Gasteiger partial charge is 0.488 e. The summed E-state index contributed by atoms with van der Waals surface area (Å²) in [5.41, 5.74) is 3.13. The predicted octanol–water partition coefficient (Wildman–Crippen LogP) is 6.93. The van der Waals surface area contributed by atoms with E-state index < -0.39 is 0 Å². The molecule has 2 nitrogen and oxygen atoms in total. The molecule has 4 rings (SSSR count). The molecule has 0 N–H and O–H groups in total. The Balaban J connectivity index is 1.49. The van der Waals surface area contributed by atoms with Gasteiger partial charge in [0.15, 0.2) is 0 Å². The van der Waals surface area contributed by atoms with E-state index in [1.54, 1.807) is 0 Å². The molecule has 3 heteroatoms. The predicted molar refractivity (Wildman–Crippen MR) is 116 cm³/mol. The van der Waals surface area contributed by atoms with Crippen LogP contribution in [-0.2, 0) is 6.61 Å². The fourth-order valence-corrected chi connectivity index (χ4v) is 3.46. The summed E-state index contributed by atoms with van der Waals surface area (Å²) in [6.07, 6.45) is 1.86. The summed E-state index contributed by atoms with van der Waals surface area (Å²) in [6, 6.07) is 30.6. The van der Waals surface area contributed by atoms with E-state index in [-0.39, 0.29) is 0 Å². The van der Waals surface area contributed by atoms with Gasteiger partial charge in [0.1, 0.15) is 12.4 Å². The molecule has 4 aromatic rings. The van der Waals surface area contributed by atoms with Crippen LogP contribution in [-0.4, -0.2) is 6.21 Å². The molecule has 132 valence electrons. The Morgan fingerprint density at radius 2 is 1.59 bits per heavy atom. The fourth-order valence-electron chi connectivity index (χ4n) is 2.95. The van der Waals surface area contributed by atoms with Crippen LogP contribution in [0, 0.1) is 0 Å². The van der Waals surface area contributed by atoms with Gasteiger partial charge in [0.05, 0.1) is 10.2 Å². The number of fused-ring (bicyclic) bond motifs is 1. The zero-order valence-corrected chi connectivity index (χ0v) is 16.3. The molecule has 27 heavy (non-hydrogen) atoms. The van der Waals surface area contributed by atoms with Crippen LogP contribution in [0.2, 0.25) is 0 Å². The van der Waals surface area contributed by atoms with Crippen molar-refractivity contribution >= 4 is 38.6 Å². The van der Waals surface area contributed by atoms with Crippen molar-refractivity contribution in [2.45, 2.75) is 6.61 Å². The number of hydrogen-bond donors (Lipinski definition) is 0. The molecular weight excluding hydrogens is 398 g/mol. The van der Waals surface area contributed by atoms with Crippen LogP contribution in [0.15, 0.2) is 100 Å². The van der Waals surface area contributed by atoms with Crippen LogP contribution >= 0.6 is 15.9 Å². The van der Waals surface area contributed by atoms with E-state index in [0.717, 1.165) is 21.5 Å². The van der Waals surface area contributed by atoms with Crippen LogP contribution in [0.4, 0.5) is 5.69 Å². The molecule has 0 aromatic heterocycles. The van der Waals surface area contributed by atoms with Crippen molar-refractivity contribution in [2.24, 2.45) is 4.99 Å². The molecule has 0 spiro atoms. The van der Waals surface area contributed by atoms with Crippen molar-refractivity contribution in [3.63, 3.8) is 0 Å². The summed E-state index contributed by atoms with van der Waals surface area (Å²) in [5, 5.41) is 2.45. The summed E-state index contributed by atoms with van der Waals surface area (Å²) < 4.78 is 6.97. The van der Waals surface area contributed by atoms with Crippen LogP contribution < -0.4 is 4.74 Å². The smallest absolute Gasteiger partial charge is 0.134 e. The maximum atomic E-state index is 6.06. The molecule has 0 aliphatic rings. The van der Waals surface area contributed by atoms with Gasteiger partial charge >= 0.3 is 0 Å². The highest BCUT2D eigenvalue weighted by Crippen LogP contribution is 2.28. The highest BCUT2D eigenvalue weighted by Gasteiger charge is 2.05. The molecule has 0 heterocycles. The van der Waals surface area contributed by atoms with Gasteiger partial charge in [-0.15, -0.1) is 0 Å². The number of aliphatic imine (C=N–C) groups is 1. The van der Waals surface area contributed by atoms with E-state index >= 15 is 0 Å². The second-order valence-corrected chi connectivity index (χ2v) is 7.06. The van der Waals surface area contributed by atoms with Gasteiger partial charge < -0.3 is 4.74 Å². The van der Waals surface area contributed by atoms with Crippen molar-refractivity contribution in [1.82, 2.24) is 0 Å². The standard InChI is InChI=1S/C24H18BrNO/c25-23-15-18(16-26-21-10-2-1-3-11-21)13-14-24(23)27-17-20-9-6-8-19-7-4-5-12-22(19)20/h1-16H,17H2. The van der Waals surface area contributed by atoms with Crippen LogP contribution in [0.3, 0.4) is 0 Å². The van der Waals surface area contributed by atoms with Crippen molar-refractivity contribution in [1.29, 1.82) is 0 Å². The number of ether oxygens (including phenoxy) is 1. The third-order valence-corrected chi connectivity index (χ3v) is 4.96. The molecule has 0 bridgehead atoms. The minimum atomic E-state index is 0.525. The van der Waals surface area contributed by atoms with Crippen molar-refractivity contribution in [3.05, 3.63) is 107 Å². The topological polar surface area (TPSA) is 21.6 Å². The van der Waals surface area contributed by atoms with E-state index in [0.29, 0.717) is 6.61 Å². The van der Waals surface area contributed by atoms with Crippen LogP contribution in [0.5, 0.6) is 5.75 Å². The second-order valence-electron chi connectivity index (χ2n) is 6.21. The normalized spacial score (nSPS) is 11.1. The van der Waals surface area contributed by atoms with E-state index in [4.69, 9.17) is 4.74 Å². The SMILES string of the molecule is Brc1cc(C=Nc2ccccc2)ccc1OCc1cccc2ccccc12. The minimum absolute atomic E-state index is 0.525. The average molecular weight is 416 g/mol. The first-order valence-corrected chi connectivity index (χ1v) is 9.57. The third-order valence-electron chi connectivity index (χ3n) is 4.34. The van der Waals surface area contributed by atoms with E-state index in [1.807, 2.05) is 54.7 Å². The molecule has 0 radical (unpaired) electrons. The third kappa shape index (κ3) is 4.26. The van der Waals surface area contributed by atoms with Gasteiger partial charge in [0, 0.05) is 6.21 Å². The lowest BCUT2D eigenvalue weighted by Crippen LogP contribution is -1.97. The molecule has 4 aromatic carbocycles. The first-order chi connectivity index (χ1) is 13.3. The first-order valence-electron chi connectivity index (χ1n) is 8.78. The van der Waals surface area contributed by atoms with E-state index in [2.05, 4.69) is 63.4 Å². The summed E-state index contributed by atoms with van der Waals surface area (Å²) in [6.45, 7) is 0.525. The van der Waals surface area contributed by atoms with Gasteiger partial charge in [-0.3, -0.25) is 4.99 Å². The summed E-state index contributed by atoms with van der Waals surface area (Å²) in [7, 11) is 0. The second kappa shape index (κ2) is 8.19. The van der Waals surface area contributed by atoms with Gasteiger partial charge in [0.2, 0.25) is 0 Å². The Labute approximate surface area is 167 Å². The number of hydrogen-bond acceptors (Lipinski definition) is 2. The maximum Gasteiger partial charge on any atom is 0.134 e. The van der Waals surface area contributed by atoms with Crippen molar-refractivity contribution < 1.29 is 4.74 Å². The molecule has 0 aliphatic carbocycles. The molecule has 0 aliphatic heterocycles. The lowest BCUT2D eigenvalue weighted by molar-refractivity contribution is 0.305. The molecular formula is C24H18BrNO. The summed E-state index contributed by atoms with van der Waals surface area (Å²) in [5.74, 6) is 0.819. The van der Waals surface area contributed by atoms with Gasteiger partial charge in [-0.25, -0.2) is 0 Å². The monoisotopic (exact) mass is 415 g/mol. The molecule has 0 amide bonds. The lowest BCUT2D eigenvalue weighted by Gasteiger charge is -2.11. The highest BCUT2D eigenvalue weighted by molar-refractivity contribution is 9.10. The van der Waals surface area contributed by atoms with Gasteiger partial charge in [0.25, 0.3) is 0 Å². The quantitative estimate of drug-likeness (QED) is 0.323. The minimum Gasteiger partial charge on any atom is -0.488 e. The molecule has 0 atom stereocenters. The molecule has 0 fully saturated rings. The van der Waals surface area contributed by atoms with E-state index in [1.165, 1.54) is 16.3 Å². The lowest BCUT2D eigenvalue weighted by atomic mass is 10.1. The van der Waals surface area contributed by atoms with Crippen molar-refractivity contribution in [2.75, 3.05) is 0 Å². The number of benzene rings is 4. The Kier molecular flexibility index (Phi) is 5.31. The summed E-state index contributed by atoms with van der Waals surface area (Å²) in [4.78, 5) is 4.49. The summed E-state index contributed by atoms with van der Waals surface area (Å²) >= 11 is 3.61. The number of para-hydroxylation sites is 1. The number of rotatable bonds is 5. The van der Waals surface area contributed by atoms with Gasteiger partial charge in [-0.1, -0.05) is 60.7 Å². The van der Waals surface area contributed by atoms with Crippen LogP contribution in [0.1, 0.15) is 11.1 Å². The zero-order valence-electron chi connectivity index (χ0n) is 14.7. The fraction of sp³-hybridized carbons (Fsp3) is 0.0417. The van der Waals surface area contributed by atoms with Crippen molar-refractivity contribution in [3.8, 4) is 5.75 Å². The maximum absolute atomic E-state index is 6.06. The highest BCUT2D eigenvalue weighted by atomic mass is 79.9. The Morgan fingerprint density at radius 3 is 2.44 bits per heavy atom. The first kappa shape index (κ1) is 17.5. The molecule has 0 saturated heterocycles. The van der Waals surface area contributed by atoms with Gasteiger partial charge in [-0.2, -0.15) is 0 Å². The van der Waals surface area contributed by atoms with Gasteiger partial charge in [-0.05, 0) is 68.2 Å². The molecule has 0 saturated carbocycles. The average Bonchev–Trinajstić information content (AvgIpc) is 2.72. The molecule has 0 unspecified atom stereocenters.